The van der Waals surface area contributed by atoms with Crippen molar-refractivity contribution in [3.8, 4) is 17.2 Å². The molecule has 3 aromatic rings. The van der Waals surface area contributed by atoms with Gasteiger partial charge in [-0.25, -0.2) is 9.69 Å². The van der Waals surface area contributed by atoms with E-state index in [0.29, 0.717) is 33.2 Å². The summed E-state index contributed by atoms with van der Waals surface area (Å²) in [5.41, 5.74) is 1.68. The quantitative estimate of drug-likeness (QED) is 0.212. The van der Waals surface area contributed by atoms with Crippen molar-refractivity contribution in [1.82, 2.24) is 5.32 Å². The highest BCUT2D eigenvalue weighted by Crippen LogP contribution is 2.37. The lowest BCUT2D eigenvalue weighted by Crippen LogP contribution is -2.54. The van der Waals surface area contributed by atoms with Gasteiger partial charge in [0.1, 0.15) is 24.5 Å². The minimum Gasteiger partial charge on any atom is -0.493 e. The topological polar surface area (TPSA) is 94.2 Å². The van der Waals surface area contributed by atoms with Crippen LogP contribution in [0, 0.1) is 6.92 Å². The van der Waals surface area contributed by atoms with Crippen LogP contribution in [0.4, 0.5) is 10.5 Å². The van der Waals surface area contributed by atoms with Gasteiger partial charge >= 0.3 is 6.03 Å². The van der Waals surface area contributed by atoms with Gasteiger partial charge in [-0.2, -0.15) is 0 Å². The summed E-state index contributed by atoms with van der Waals surface area (Å²) < 4.78 is 17.6. The Balaban J connectivity index is 1.52. The number of hydrogen-bond donors (Lipinski definition) is 1. The van der Waals surface area contributed by atoms with Gasteiger partial charge in [0.05, 0.1) is 17.3 Å². The lowest BCUT2D eigenvalue weighted by molar-refractivity contribution is -0.122. The highest BCUT2D eigenvalue weighted by Gasteiger charge is 2.36. The molecule has 1 fully saturated rings. The van der Waals surface area contributed by atoms with Crippen LogP contribution < -0.4 is 24.4 Å². The van der Waals surface area contributed by atoms with Crippen molar-refractivity contribution in [3.63, 3.8) is 0 Å². The van der Waals surface area contributed by atoms with Crippen molar-refractivity contribution in [3.05, 3.63) is 86.9 Å². The van der Waals surface area contributed by atoms with Crippen LogP contribution >= 0.6 is 27.5 Å². The molecule has 3 aromatic carbocycles. The lowest BCUT2D eigenvalue weighted by Gasteiger charge is -2.26. The number of carbonyl (C=O) groups excluding carboxylic acids is 3. The van der Waals surface area contributed by atoms with Gasteiger partial charge in [-0.1, -0.05) is 29.3 Å². The molecule has 1 aliphatic rings. The number of anilines is 1. The number of hydrogen-bond acceptors (Lipinski definition) is 6. The standard InChI is InChI=1S/C27H22BrClN2O6/c1-16-3-9-20(10-4-16)36-11-12-37-24-22(28)14-17(15-23(24)35-2)13-21-25(32)30-27(34)31(26(21)33)19-7-5-18(29)6-8-19/h3-10,13-15H,11-12H2,1-2H3,(H,30,32,34)/b21-13-. The van der Waals surface area contributed by atoms with Crippen LogP contribution in [0.25, 0.3) is 6.08 Å². The molecule has 190 valence electrons. The second kappa shape index (κ2) is 11.5. The molecule has 0 atom stereocenters. The summed E-state index contributed by atoms with van der Waals surface area (Å²) in [6.07, 6.45) is 1.38. The van der Waals surface area contributed by atoms with Gasteiger partial charge in [-0.15, -0.1) is 0 Å². The molecule has 4 rings (SSSR count). The number of rotatable bonds is 8. The number of amides is 4. The van der Waals surface area contributed by atoms with Gasteiger partial charge in [0.15, 0.2) is 11.5 Å². The van der Waals surface area contributed by atoms with Crippen LogP contribution in [0.15, 0.2) is 70.7 Å². The molecule has 0 saturated carbocycles. The van der Waals surface area contributed by atoms with E-state index in [9.17, 15) is 14.4 Å². The van der Waals surface area contributed by atoms with E-state index in [-0.39, 0.29) is 17.9 Å². The maximum absolute atomic E-state index is 13.1. The number of carbonyl (C=O) groups is 3. The Morgan fingerprint density at radius 1 is 0.973 bits per heavy atom. The molecule has 8 nitrogen and oxygen atoms in total. The Bertz CT molecular complexity index is 1370. The smallest absolute Gasteiger partial charge is 0.335 e. The number of benzene rings is 3. The predicted octanol–water partition coefficient (Wildman–Crippen LogP) is 5.54. The van der Waals surface area contributed by atoms with Crippen LogP contribution in [0.5, 0.6) is 17.2 Å². The van der Waals surface area contributed by atoms with Gasteiger partial charge in [0.25, 0.3) is 11.8 Å². The number of methoxy groups -OCH3 is 1. The maximum Gasteiger partial charge on any atom is 0.335 e. The molecule has 0 aromatic heterocycles. The molecule has 1 aliphatic heterocycles. The molecule has 4 amide bonds. The number of nitrogens with one attached hydrogen (secondary N) is 1. The molecule has 0 bridgehead atoms. The zero-order valence-electron chi connectivity index (χ0n) is 19.9. The molecule has 0 spiro atoms. The summed E-state index contributed by atoms with van der Waals surface area (Å²) in [5.74, 6) is -0.00668. The molecule has 10 heteroatoms. The van der Waals surface area contributed by atoms with Gasteiger partial charge in [0.2, 0.25) is 0 Å². The fraction of sp³-hybridized carbons (Fsp3) is 0.148. The van der Waals surface area contributed by atoms with Crippen LogP contribution in [0.2, 0.25) is 5.02 Å². The Morgan fingerprint density at radius 3 is 2.32 bits per heavy atom. The largest absolute Gasteiger partial charge is 0.493 e. The number of imide groups is 2. The number of barbiturate groups is 1. The summed E-state index contributed by atoms with van der Waals surface area (Å²) >= 11 is 9.37. The van der Waals surface area contributed by atoms with E-state index >= 15 is 0 Å². The first kappa shape index (κ1) is 26.2. The fourth-order valence-electron chi connectivity index (χ4n) is 3.55. The molecule has 37 heavy (non-hydrogen) atoms. The molecule has 1 N–H and O–H groups in total. The van der Waals surface area contributed by atoms with Crippen LogP contribution in [0.3, 0.4) is 0 Å². The summed E-state index contributed by atoms with van der Waals surface area (Å²) in [7, 11) is 1.48. The number of aryl methyl sites for hydroxylation is 1. The van der Waals surface area contributed by atoms with Crippen molar-refractivity contribution in [2.75, 3.05) is 25.2 Å². The SMILES string of the molecule is COc1cc(/C=C2/C(=O)NC(=O)N(c3ccc(Cl)cc3)C2=O)cc(Br)c1OCCOc1ccc(C)cc1. The van der Waals surface area contributed by atoms with Crippen LogP contribution in [-0.2, 0) is 9.59 Å². The Morgan fingerprint density at radius 2 is 1.65 bits per heavy atom. The van der Waals surface area contributed by atoms with E-state index in [1.165, 1.54) is 25.3 Å². The highest BCUT2D eigenvalue weighted by atomic mass is 79.9. The first-order chi connectivity index (χ1) is 17.8. The van der Waals surface area contributed by atoms with Crippen molar-refractivity contribution < 1.29 is 28.6 Å². The molecular formula is C27H22BrClN2O6. The number of halogens is 2. The first-order valence-electron chi connectivity index (χ1n) is 11.1. The third-order valence-corrected chi connectivity index (χ3v) is 6.21. The fourth-order valence-corrected chi connectivity index (χ4v) is 4.25. The van der Waals surface area contributed by atoms with Gasteiger partial charge in [0, 0.05) is 5.02 Å². The Labute approximate surface area is 226 Å². The summed E-state index contributed by atoms with van der Waals surface area (Å²) in [4.78, 5) is 38.9. The van der Waals surface area contributed by atoms with E-state index in [1.54, 1.807) is 24.3 Å². The van der Waals surface area contributed by atoms with Crippen LogP contribution in [0.1, 0.15) is 11.1 Å². The van der Waals surface area contributed by atoms with E-state index in [1.807, 2.05) is 31.2 Å². The lowest BCUT2D eigenvalue weighted by atomic mass is 10.1. The third-order valence-electron chi connectivity index (χ3n) is 5.37. The Kier molecular flexibility index (Phi) is 8.15. The highest BCUT2D eigenvalue weighted by molar-refractivity contribution is 9.10. The van der Waals surface area contributed by atoms with E-state index in [0.717, 1.165) is 16.2 Å². The molecule has 1 heterocycles. The molecular weight excluding hydrogens is 564 g/mol. The maximum atomic E-state index is 13.1. The van der Waals surface area contributed by atoms with Gasteiger partial charge in [-0.05, 0) is 83.0 Å². The monoisotopic (exact) mass is 584 g/mol. The number of urea groups is 1. The average molecular weight is 586 g/mol. The van der Waals surface area contributed by atoms with Crippen molar-refractivity contribution in [2.45, 2.75) is 6.92 Å². The number of nitrogens with zero attached hydrogens (tertiary/aromatic N) is 1. The summed E-state index contributed by atoms with van der Waals surface area (Å²) in [6, 6.07) is 16.3. The second-order valence-corrected chi connectivity index (χ2v) is 9.27. The van der Waals surface area contributed by atoms with E-state index in [4.69, 9.17) is 25.8 Å². The number of ether oxygens (including phenoxy) is 3. The van der Waals surface area contributed by atoms with Gasteiger partial charge < -0.3 is 14.2 Å². The molecule has 0 aliphatic carbocycles. The second-order valence-electron chi connectivity index (χ2n) is 7.98. The van der Waals surface area contributed by atoms with E-state index < -0.39 is 17.8 Å². The van der Waals surface area contributed by atoms with Gasteiger partial charge in [-0.3, -0.25) is 14.9 Å². The molecule has 1 saturated heterocycles. The zero-order valence-corrected chi connectivity index (χ0v) is 22.3. The minimum atomic E-state index is -0.843. The molecule has 0 radical (unpaired) electrons. The summed E-state index contributed by atoms with van der Waals surface area (Å²) in [5, 5.41) is 2.64. The minimum absolute atomic E-state index is 0.219. The normalized spacial score (nSPS) is 14.5. The first-order valence-corrected chi connectivity index (χ1v) is 12.3. The Hall–Kier alpha value is -3.82. The third kappa shape index (κ3) is 6.12. The van der Waals surface area contributed by atoms with Crippen molar-refractivity contribution >= 4 is 57.1 Å². The molecule has 0 unspecified atom stereocenters. The van der Waals surface area contributed by atoms with E-state index in [2.05, 4.69) is 21.2 Å². The van der Waals surface area contributed by atoms with Crippen molar-refractivity contribution in [1.29, 1.82) is 0 Å². The predicted molar refractivity (Wildman–Crippen MR) is 143 cm³/mol. The summed E-state index contributed by atoms with van der Waals surface area (Å²) in [6.45, 7) is 2.57. The van der Waals surface area contributed by atoms with Crippen LogP contribution in [-0.4, -0.2) is 38.2 Å². The average Bonchev–Trinajstić information content (AvgIpc) is 2.87. The van der Waals surface area contributed by atoms with Crippen molar-refractivity contribution in [2.24, 2.45) is 0 Å². The zero-order chi connectivity index (χ0) is 26.5.